The van der Waals surface area contributed by atoms with Gasteiger partial charge in [0.1, 0.15) is 17.0 Å². The Morgan fingerprint density at radius 3 is 2.61 bits per heavy atom. The van der Waals surface area contributed by atoms with Gasteiger partial charge in [0.15, 0.2) is 6.04 Å². The van der Waals surface area contributed by atoms with E-state index in [9.17, 15) is 19.3 Å². The van der Waals surface area contributed by atoms with Gasteiger partial charge < -0.3 is 24.7 Å². The fourth-order valence-corrected chi connectivity index (χ4v) is 9.36. The van der Waals surface area contributed by atoms with E-state index in [1.165, 1.54) is 10.0 Å². The van der Waals surface area contributed by atoms with Crippen molar-refractivity contribution in [3.63, 3.8) is 0 Å². The van der Waals surface area contributed by atoms with Gasteiger partial charge in [-0.05, 0) is 85.5 Å². The second-order valence-electron chi connectivity index (χ2n) is 18.1. The highest BCUT2D eigenvalue weighted by Crippen LogP contribution is 2.42. The summed E-state index contributed by atoms with van der Waals surface area (Å²) in [5.41, 5.74) is 10.6. The fourth-order valence-electron chi connectivity index (χ4n) is 9.36. The van der Waals surface area contributed by atoms with Crippen molar-refractivity contribution in [2.24, 2.45) is 11.3 Å². The molecule has 3 N–H and O–H groups in total. The van der Waals surface area contributed by atoms with E-state index in [0.29, 0.717) is 38.8 Å². The number of amides is 2. The number of nitroso groups, excluding NO2 is 1. The maximum atomic E-state index is 14.6. The van der Waals surface area contributed by atoms with Crippen LogP contribution < -0.4 is 16.1 Å². The lowest BCUT2D eigenvalue weighted by Gasteiger charge is -2.36. The van der Waals surface area contributed by atoms with E-state index in [-0.39, 0.29) is 37.0 Å². The largest absolute Gasteiger partial charge is 0.464 e. The van der Waals surface area contributed by atoms with Crippen molar-refractivity contribution in [3.05, 3.63) is 82.5 Å². The summed E-state index contributed by atoms with van der Waals surface area (Å²) in [5, 5.41) is 10.3. The topological polar surface area (TPSA) is 150 Å². The average Bonchev–Trinajstić information content (AvgIpc) is 3.90. The van der Waals surface area contributed by atoms with Crippen LogP contribution in [0.5, 0.6) is 0 Å². The summed E-state index contributed by atoms with van der Waals surface area (Å²) in [6.45, 7) is 14.7. The van der Waals surface area contributed by atoms with Crippen LogP contribution in [-0.4, -0.2) is 107 Å². The molecule has 2 amide bonds. The predicted molar refractivity (Wildman–Crippen MR) is 235 cm³/mol. The first-order chi connectivity index (χ1) is 29.2. The van der Waals surface area contributed by atoms with Gasteiger partial charge in [-0.2, -0.15) is 0 Å². The Labute approximate surface area is 359 Å². The minimum absolute atomic E-state index is 0.156. The molecule has 5 heterocycles. The summed E-state index contributed by atoms with van der Waals surface area (Å²) >= 11 is 0. The Hall–Kier alpha value is -5.18. The van der Waals surface area contributed by atoms with Gasteiger partial charge >= 0.3 is 5.97 Å². The molecule has 2 aromatic heterocycles. The van der Waals surface area contributed by atoms with Gasteiger partial charge in [-0.3, -0.25) is 24.4 Å². The summed E-state index contributed by atoms with van der Waals surface area (Å²) in [6.07, 6.45) is 4.10. The average molecular weight is 836 g/mol. The van der Waals surface area contributed by atoms with Crippen molar-refractivity contribution in [1.29, 1.82) is 0 Å². The fraction of sp³-hybridized carbons (Fsp3) is 0.532. The molecular weight excluding hydrogens is 773 g/mol. The van der Waals surface area contributed by atoms with Crippen LogP contribution in [0.4, 0.5) is 0 Å². The van der Waals surface area contributed by atoms with Gasteiger partial charge in [0.2, 0.25) is 11.9 Å². The zero-order chi connectivity index (χ0) is 43.6. The molecule has 6 bridgehead atoms. The number of benzene rings is 2. The maximum Gasteiger partial charge on any atom is 0.324 e. The van der Waals surface area contributed by atoms with E-state index in [2.05, 4.69) is 77.8 Å². The SMILES string of the molecule is CCn1c(-c2cccnc2[C@H](C)OC)c2c3cc(ccc31)-c1cccc(c1)C[C@H](NC(=O)[C@H](C(C)C)N(C)[N+](=O)[C@H]1CCNC1)C(=O)N1CCC[C@H](N1)C(=O)OCC(C)(C)C2. The molecule has 4 aromatic rings. The third kappa shape index (κ3) is 9.22. The number of methoxy groups -OCH3 is 1. The number of aryl methyl sites for hydroxylation is 1. The Balaban J connectivity index is 1.32. The number of likely N-dealkylation sites (N-methyl/N-ethyl adjacent to an activating group) is 1. The maximum absolute atomic E-state index is 14.6. The third-order valence-electron chi connectivity index (χ3n) is 12.6. The number of nitrogens with one attached hydrogen (secondary N) is 3. The number of hydrogen-bond donors (Lipinski definition) is 3. The molecule has 14 nitrogen and oxygen atoms in total. The van der Waals surface area contributed by atoms with E-state index in [1.807, 2.05) is 39.0 Å². The number of pyridine rings is 1. The quantitative estimate of drug-likeness (QED) is 0.102. The lowest BCUT2D eigenvalue weighted by Crippen LogP contribution is -2.62. The number of nitrogens with zero attached hydrogens (tertiary/aromatic N) is 5. The monoisotopic (exact) mass is 835 g/mol. The zero-order valence-electron chi connectivity index (χ0n) is 37.0. The summed E-state index contributed by atoms with van der Waals surface area (Å²) in [7, 11) is 3.34. The van der Waals surface area contributed by atoms with Crippen LogP contribution in [0.3, 0.4) is 0 Å². The molecule has 7 rings (SSSR count). The number of aromatic nitrogens is 2. The number of fused-ring (bicyclic) bond motifs is 6. The van der Waals surface area contributed by atoms with Gasteiger partial charge in [-0.25, -0.2) is 5.43 Å². The van der Waals surface area contributed by atoms with Gasteiger partial charge in [0, 0.05) is 67.7 Å². The number of rotatable bonds is 10. The van der Waals surface area contributed by atoms with Crippen LogP contribution in [0.15, 0.2) is 60.8 Å². The Morgan fingerprint density at radius 2 is 1.89 bits per heavy atom. The molecule has 2 fully saturated rings. The molecule has 0 spiro atoms. The van der Waals surface area contributed by atoms with Gasteiger partial charge in [-0.15, -0.1) is 5.01 Å². The summed E-state index contributed by atoms with van der Waals surface area (Å²) in [4.78, 5) is 62.0. The van der Waals surface area contributed by atoms with Crippen molar-refractivity contribution >= 4 is 28.7 Å². The zero-order valence-corrected chi connectivity index (χ0v) is 37.0. The standard InChI is InChI=1S/C47H62N8O6/c1-9-53-40-18-17-33-25-36(40)37(43(53)35-15-11-20-49-41(35)30(4)60-8)26-47(5,6)28-61-46(58)38-16-12-22-54(51-38)45(57)39(24-31-13-10-14-32(33)23-31)50-44(56)42(29(2)3)52(7)55(59)34-19-21-48-27-34/h10-11,13-15,17-18,20,23,25,29-30,34,38-39,42,48,51H,9,12,16,19,21-22,24,26-28H2,1-8H3/p+1/t30-,34-,38-,39-,42-/m0/s1. The number of carbonyl (C=O) groups is 3. The van der Waals surface area contributed by atoms with Crippen LogP contribution in [0.1, 0.15) is 83.7 Å². The van der Waals surface area contributed by atoms with E-state index in [1.54, 1.807) is 20.4 Å². The van der Waals surface area contributed by atoms with Crippen LogP contribution in [0.25, 0.3) is 33.3 Å². The first kappa shape index (κ1) is 43.9. The highest BCUT2D eigenvalue weighted by atomic mass is 16.5. The van der Waals surface area contributed by atoms with Gasteiger partial charge in [-0.1, -0.05) is 58.0 Å². The number of cyclic esters (lactones) is 1. The number of carbonyl (C=O) groups excluding carboxylic acids is 3. The number of hydrogen-bond acceptors (Lipinski definition) is 9. The predicted octanol–water partition coefficient (Wildman–Crippen LogP) is 5.76. The molecule has 61 heavy (non-hydrogen) atoms. The third-order valence-corrected chi connectivity index (χ3v) is 12.6. The number of ether oxygens (including phenoxy) is 2. The molecule has 14 heteroatoms. The number of esters is 1. The molecule has 0 saturated carbocycles. The van der Waals surface area contributed by atoms with E-state index in [4.69, 9.17) is 14.5 Å². The highest BCUT2D eigenvalue weighted by Gasteiger charge is 2.42. The van der Waals surface area contributed by atoms with Crippen molar-refractivity contribution in [2.45, 2.75) is 110 Å². The first-order valence-corrected chi connectivity index (χ1v) is 21.9. The normalized spacial score (nSPS) is 21.8. The van der Waals surface area contributed by atoms with Crippen molar-refractivity contribution in [2.75, 3.05) is 40.4 Å². The molecule has 3 aliphatic heterocycles. The molecule has 0 unspecified atom stereocenters. The van der Waals surface area contributed by atoms with Crippen molar-refractivity contribution < 1.29 is 28.7 Å². The van der Waals surface area contributed by atoms with Gasteiger partial charge in [0.25, 0.3) is 5.91 Å². The second-order valence-corrected chi connectivity index (χ2v) is 18.1. The van der Waals surface area contributed by atoms with Crippen LogP contribution >= 0.6 is 0 Å². The Kier molecular flexibility index (Phi) is 13.3. The lowest BCUT2D eigenvalue weighted by atomic mass is 9.84. The van der Waals surface area contributed by atoms with Crippen molar-refractivity contribution in [1.82, 2.24) is 35.6 Å². The molecule has 5 atom stereocenters. The summed E-state index contributed by atoms with van der Waals surface area (Å²) < 4.78 is 14.3. The Morgan fingerprint density at radius 1 is 1.10 bits per heavy atom. The smallest absolute Gasteiger partial charge is 0.324 e. The lowest BCUT2D eigenvalue weighted by molar-refractivity contribution is -0.732. The van der Waals surface area contributed by atoms with Crippen LogP contribution in [0, 0.1) is 16.2 Å². The Bertz CT molecular complexity index is 2260. The van der Waals surface area contributed by atoms with Gasteiger partial charge in [0.05, 0.1) is 42.6 Å². The van der Waals surface area contributed by atoms with E-state index >= 15 is 0 Å². The van der Waals surface area contributed by atoms with E-state index in [0.717, 1.165) is 68.1 Å². The molecule has 0 aliphatic carbocycles. The summed E-state index contributed by atoms with van der Waals surface area (Å²) in [6, 6.07) is 15.9. The number of hydrazine groups is 2. The second kappa shape index (κ2) is 18.4. The molecule has 3 aliphatic rings. The molecule has 2 saturated heterocycles. The first-order valence-electron chi connectivity index (χ1n) is 21.9. The minimum Gasteiger partial charge on any atom is -0.464 e. The van der Waals surface area contributed by atoms with E-state index < -0.39 is 35.4 Å². The summed E-state index contributed by atoms with van der Waals surface area (Å²) in [5.74, 6) is -1.44. The van der Waals surface area contributed by atoms with Crippen LogP contribution in [-0.2, 0) is 43.2 Å². The van der Waals surface area contributed by atoms with Crippen molar-refractivity contribution in [3.8, 4) is 22.4 Å². The molecule has 326 valence electrons. The minimum atomic E-state index is -0.996. The highest BCUT2D eigenvalue weighted by molar-refractivity contribution is 5.95. The molecular formula is C47H63N8O6+. The van der Waals surface area contributed by atoms with Crippen LogP contribution in [0.2, 0.25) is 0 Å². The molecule has 2 aromatic carbocycles. The molecule has 0 radical (unpaired) electrons.